The normalized spacial score (nSPS) is 9.27. The molecule has 0 fully saturated rings. The van der Waals surface area contributed by atoms with Crippen LogP contribution in [-0.2, 0) is 0 Å². The van der Waals surface area contributed by atoms with Gasteiger partial charge in [0.1, 0.15) is 0 Å². The molecule has 0 aliphatic rings. The third-order valence-electron chi connectivity index (χ3n) is 1.51. The van der Waals surface area contributed by atoms with Gasteiger partial charge in [-0.05, 0) is 30.5 Å². The maximum Gasteiger partial charge on any atom is 0.0404 e. The molecule has 0 atom stereocenters. The Morgan fingerprint density at radius 2 is 1.91 bits per heavy atom. The Labute approximate surface area is 75.5 Å². The first-order chi connectivity index (χ1) is 5.24. The number of benzene rings is 1. The average Bonchev–Trinajstić information content (AvgIpc) is 2.05. The SMILES string of the molecule is C=CN(C)c1ccc(Br)cc1. The summed E-state index contributed by atoms with van der Waals surface area (Å²) in [5.41, 5.74) is 1.14. The van der Waals surface area contributed by atoms with E-state index in [4.69, 9.17) is 0 Å². The van der Waals surface area contributed by atoms with Crippen molar-refractivity contribution in [2.24, 2.45) is 0 Å². The van der Waals surface area contributed by atoms with Crippen LogP contribution in [0.5, 0.6) is 0 Å². The van der Waals surface area contributed by atoms with E-state index < -0.39 is 0 Å². The second-order valence-corrected chi connectivity index (χ2v) is 3.19. The standard InChI is InChI=1S/C9H10BrN/c1-3-11(2)9-6-4-8(10)5-7-9/h3-7H,1H2,2H3. The molecule has 0 saturated heterocycles. The summed E-state index contributed by atoms with van der Waals surface area (Å²) in [7, 11) is 1.97. The molecule has 1 aromatic carbocycles. The van der Waals surface area contributed by atoms with Crippen LogP contribution in [0.4, 0.5) is 5.69 Å². The summed E-state index contributed by atoms with van der Waals surface area (Å²) >= 11 is 3.37. The van der Waals surface area contributed by atoms with E-state index in [1.165, 1.54) is 0 Å². The Morgan fingerprint density at radius 3 is 2.36 bits per heavy atom. The van der Waals surface area contributed by atoms with Gasteiger partial charge >= 0.3 is 0 Å². The number of nitrogens with zero attached hydrogens (tertiary/aromatic N) is 1. The monoisotopic (exact) mass is 211 g/mol. The van der Waals surface area contributed by atoms with Gasteiger partial charge in [-0.3, -0.25) is 0 Å². The Bertz CT molecular complexity index is 240. The molecule has 1 nitrogen and oxygen atoms in total. The molecule has 2 heteroatoms. The summed E-state index contributed by atoms with van der Waals surface area (Å²) in [6.07, 6.45) is 1.78. The minimum absolute atomic E-state index is 1.10. The lowest BCUT2D eigenvalue weighted by Gasteiger charge is -2.12. The van der Waals surface area contributed by atoms with Gasteiger partial charge in [0, 0.05) is 17.2 Å². The molecule has 0 spiro atoms. The summed E-state index contributed by atoms with van der Waals surface area (Å²) in [6, 6.07) is 8.09. The van der Waals surface area contributed by atoms with E-state index in [0.717, 1.165) is 10.2 Å². The Kier molecular flexibility index (Phi) is 2.71. The van der Waals surface area contributed by atoms with E-state index >= 15 is 0 Å². The van der Waals surface area contributed by atoms with Crippen molar-refractivity contribution in [2.45, 2.75) is 0 Å². The number of hydrogen-bond acceptors (Lipinski definition) is 1. The molecule has 0 radical (unpaired) electrons. The molecule has 0 aromatic heterocycles. The van der Waals surface area contributed by atoms with Gasteiger partial charge in [-0.1, -0.05) is 22.5 Å². The molecule has 58 valence electrons. The van der Waals surface area contributed by atoms with E-state index in [1.807, 2.05) is 36.2 Å². The van der Waals surface area contributed by atoms with Gasteiger partial charge in [0.05, 0.1) is 0 Å². The predicted molar refractivity (Wildman–Crippen MR) is 52.7 cm³/mol. The van der Waals surface area contributed by atoms with Crippen LogP contribution in [0.3, 0.4) is 0 Å². The highest BCUT2D eigenvalue weighted by Crippen LogP contribution is 2.16. The number of rotatable bonds is 2. The van der Waals surface area contributed by atoms with Crippen LogP contribution < -0.4 is 4.90 Å². The first kappa shape index (κ1) is 8.34. The molecule has 0 saturated carbocycles. The van der Waals surface area contributed by atoms with Crippen molar-refractivity contribution in [3.63, 3.8) is 0 Å². The lowest BCUT2D eigenvalue weighted by molar-refractivity contribution is 1.21. The van der Waals surface area contributed by atoms with Gasteiger partial charge in [0.25, 0.3) is 0 Å². The molecule has 1 aromatic rings. The van der Waals surface area contributed by atoms with Crippen molar-refractivity contribution in [1.29, 1.82) is 0 Å². The highest BCUT2D eigenvalue weighted by Gasteiger charge is 1.93. The van der Waals surface area contributed by atoms with E-state index in [-0.39, 0.29) is 0 Å². The van der Waals surface area contributed by atoms with E-state index in [1.54, 1.807) is 6.20 Å². The van der Waals surface area contributed by atoms with Crippen molar-refractivity contribution in [2.75, 3.05) is 11.9 Å². The highest BCUT2D eigenvalue weighted by atomic mass is 79.9. The second-order valence-electron chi connectivity index (χ2n) is 2.27. The van der Waals surface area contributed by atoms with Crippen molar-refractivity contribution in [3.05, 3.63) is 41.5 Å². The van der Waals surface area contributed by atoms with Crippen LogP contribution in [0.1, 0.15) is 0 Å². The van der Waals surface area contributed by atoms with Crippen molar-refractivity contribution in [1.82, 2.24) is 0 Å². The zero-order chi connectivity index (χ0) is 8.27. The summed E-state index contributed by atoms with van der Waals surface area (Å²) in [5.74, 6) is 0. The van der Waals surface area contributed by atoms with Crippen LogP contribution in [0, 0.1) is 0 Å². The van der Waals surface area contributed by atoms with Crippen molar-refractivity contribution < 1.29 is 0 Å². The van der Waals surface area contributed by atoms with E-state index in [0.29, 0.717) is 0 Å². The number of hydrogen-bond donors (Lipinski definition) is 0. The smallest absolute Gasteiger partial charge is 0.0404 e. The first-order valence-electron chi connectivity index (χ1n) is 3.35. The van der Waals surface area contributed by atoms with Gasteiger partial charge in [-0.2, -0.15) is 0 Å². The summed E-state index contributed by atoms with van der Waals surface area (Å²) in [4.78, 5) is 1.96. The lowest BCUT2D eigenvalue weighted by atomic mass is 10.3. The van der Waals surface area contributed by atoms with Crippen LogP contribution in [0.25, 0.3) is 0 Å². The van der Waals surface area contributed by atoms with Crippen molar-refractivity contribution >= 4 is 21.6 Å². The van der Waals surface area contributed by atoms with E-state index in [2.05, 4.69) is 22.5 Å². The highest BCUT2D eigenvalue weighted by molar-refractivity contribution is 9.10. The summed E-state index contributed by atoms with van der Waals surface area (Å²) < 4.78 is 1.10. The molecule has 0 bridgehead atoms. The molecule has 0 unspecified atom stereocenters. The zero-order valence-electron chi connectivity index (χ0n) is 6.42. The van der Waals surface area contributed by atoms with Crippen molar-refractivity contribution in [3.8, 4) is 0 Å². The molecule has 0 aliphatic carbocycles. The maximum absolute atomic E-state index is 3.67. The largest absolute Gasteiger partial charge is 0.352 e. The lowest BCUT2D eigenvalue weighted by Crippen LogP contribution is -2.05. The third kappa shape index (κ3) is 2.09. The topological polar surface area (TPSA) is 3.24 Å². The van der Waals surface area contributed by atoms with Gasteiger partial charge in [-0.25, -0.2) is 0 Å². The summed E-state index contributed by atoms with van der Waals surface area (Å²) in [6.45, 7) is 3.67. The zero-order valence-corrected chi connectivity index (χ0v) is 8.01. The Hall–Kier alpha value is -0.760. The molecular formula is C9H10BrN. The molecule has 0 N–H and O–H groups in total. The first-order valence-corrected chi connectivity index (χ1v) is 4.14. The fraction of sp³-hybridized carbons (Fsp3) is 0.111. The Balaban J connectivity index is 2.89. The van der Waals surface area contributed by atoms with Crippen LogP contribution in [0.2, 0.25) is 0 Å². The quantitative estimate of drug-likeness (QED) is 0.728. The Morgan fingerprint density at radius 1 is 1.36 bits per heavy atom. The minimum atomic E-state index is 1.10. The molecule has 0 heterocycles. The maximum atomic E-state index is 3.67. The van der Waals surface area contributed by atoms with Crippen LogP contribution >= 0.6 is 15.9 Å². The number of anilines is 1. The van der Waals surface area contributed by atoms with Gasteiger partial charge in [-0.15, -0.1) is 0 Å². The summed E-state index contributed by atoms with van der Waals surface area (Å²) in [5, 5.41) is 0. The number of halogens is 1. The predicted octanol–water partition coefficient (Wildman–Crippen LogP) is 3.03. The average molecular weight is 212 g/mol. The molecule has 11 heavy (non-hydrogen) atoms. The second kappa shape index (κ2) is 3.58. The molecule has 0 amide bonds. The van der Waals surface area contributed by atoms with Gasteiger partial charge < -0.3 is 4.90 Å². The molecule has 1 rings (SSSR count). The van der Waals surface area contributed by atoms with E-state index in [9.17, 15) is 0 Å². The van der Waals surface area contributed by atoms with Gasteiger partial charge in [0.15, 0.2) is 0 Å². The fourth-order valence-corrected chi connectivity index (χ4v) is 1.05. The molecular weight excluding hydrogens is 202 g/mol. The van der Waals surface area contributed by atoms with Crippen LogP contribution in [0.15, 0.2) is 41.5 Å². The van der Waals surface area contributed by atoms with Crippen LogP contribution in [-0.4, -0.2) is 7.05 Å². The molecule has 0 aliphatic heterocycles. The third-order valence-corrected chi connectivity index (χ3v) is 2.04. The minimum Gasteiger partial charge on any atom is -0.352 e. The fourth-order valence-electron chi connectivity index (χ4n) is 0.782. The van der Waals surface area contributed by atoms with Gasteiger partial charge in [0.2, 0.25) is 0 Å².